The van der Waals surface area contributed by atoms with Crippen LogP contribution in [0.3, 0.4) is 0 Å². The largest absolute Gasteiger partial charge is 0.508 e. The van der Waals surface area contributed by atoms with Crippen molar-refractivity contribution in [3.63, 3.8) is 0 Å². The maximum absolute atomic E-state index is 13.6. The van der Waals surface area contributed by atoms with E-state index in [0.29, 0.717) is 5.69 Å². The second kappa shape index (κ2) is 14.0. The highest BCUT2D eigenvalue weighted by molar-refractivity contribution is 7.92. The molecule has 4 aromatic rings. The van der Waals surface area contributed by atoms with Gasteiger partial charge in [-0.25, -0.2) is 8.42 Å². The van der Waals surface area contributed by atoms with Crippen LogP contribution in [0.4, 0.5) is 5.69 Å². The van der Waals surface area contributed by atoms with Gasteiger partial charge in [-0.2, -0.15) is 0 Å². The van der Waals surface area contributed by atoms with Crippen LogP contribution in [0, 0.1) is 0 Å². The van der Waals surface area contributed by atoms with Crippen molar-refractivity contribution in [3.05, 3.63) is 126 Å². The van der Waals surface area contributed by atoms with E-state index in [1.807, 2.05) is 24.3 Å². The van der Waals surface area contributed by atoms with Crippen LogP contribution >= 0.6 is 0 Å². The second-order valence-electron chi connectivity index (χ2n) is 9.88. The van der Waals surface area contributed by atoms with Gasteiger partial charge in [0.25, 0.3) is 10.0 Å². The van der Waals surface area contributed by atoms with Crippen LogP contribution in [0.15, 0.2) is 114 Å². The van der Waals surface area contributed by atoms with Crippen molar-refractivity contribution < 1.29 is 13.5 Å². The Balaban J connectivity index is 1.46. The van der Waals surface area contributed by atoms with E-state index in [2.05, 4.69) is 42.2 Å². The molecule has 0 spiro atoms. The number of hydrogen-bond acceptors (Lipinski definition) is 4. The molecule has 1 N–H and O–H groups in total. The summed E-state index contributed by atoms with van der Waals surface area (Å²) in [5.41, 5.74) is 3.94. The molecule has 0 aromatic heterocycles. The van der Waals surface area contributed by atoms with E-state index in [9.17, 15) is 13.5 Å². The number of benzene rings is 4. The van der Waals surface area contributed by atoms with Gasteiger partial charge < -0.3 is 5.11 Å². The number of anilines is 1. The molecule has 0 saturated carbocycles. The SMILES string of the molecule is CCCCN(CCCc1ccc(N(Cc2ccc(O)cc2)S(=O)(=O)c2ccccc2)cc1)Cc1ccccc1. The standard InChI is InChI=1S/C33H38N2O3S/c1-2-3-24-34(26-29-11-6-4-7-12-29)25-10-13-28-16-20-31(21-17-28)35(27-30-18-22-32(36)23-19-30)39(37,38)33-14-8-5-9-15-33/h4-9,11-12,14-23,36H,2-3,10,13,24-27H2,1H3. The molecule has 39 heavy (non-hydrogen) atoms. The van der Waals surface area contributed by atoms with E-state index in [-0.39, 0.29) is 17.2 Å². The summed E-state index contributed by atoms with van der Waals surface area (Å²) in [6, 6.07) is 33.6. The first-order valence-corrected chi connectivity index (χ1v) is 15.1. The van der Waals surface area contributed by atoms with Crippen LogP contribution in [0.1, 0.15) is 42.9 Å². The van der Waals surface area contributed by atoms with Crippen molar-refractivity contribution in [1.29, 1.82) is 0 Å². The fraction of sp³-hybridized carbons (Fsp3) is 0.273. The Bertz CT molecular complexity index is 1370. The van der Waals surface area contributed by atoms with Crippen LogP contribution in [-0.2, 0) is 29.5 Å². The topological polar surface area (TPSA) is 60.9 Å². The van der Waals surface area contributed by atoms with E-state index in [0.717, 1.165) is 38.0 Å². The fourth-order valence-electron chi connectivity index (χ4n) is 4.63. The summed E-state index contributed by atoms with van der Waals surface area (Å²) >= 11 is 0. The summed E-state index contributed by atoms with van der Waals surface area (Å²) in [5, 5.41) is 9.66. The van der Waals surface area contributed by atoms with Gasteiger partial charge in [-0.05, 0) is 85.4 Å². The van der Waals surface area contributed by atoms with Gasteiger partial charge in [0.15, 0.2) is 0 Å². The van der Waals surface area contributed by atoms with Gasteiger partial charge in [0, 0.05) is 6.54 Å². The van der Waals surface area contributed by atoms with Crippen LogP contribution < -0.4 is 4.31 Å². The van der Waals surface area contributed by atoms with Gasteiger partial charge in [-0.15, -0.1) is 0 Å². The molecule has 0 bridgehead atoms. The van der Waals surface area contributed by atoms with Gasteiger partial charge in [0.05, 0.1) is 17.1 Å². The average Bonchev–Trinajstić information content (AvgIpc) is 2.97. The van der Waals surface area contributed by atoms with E-state index < -0.39 is 10.0 Å². The summed E-state index contributed by atoms with van der Waals surface area (Å²) in [5.74, 6) is 0.151. The number of unbranched alkanes of at least 4 members (excludes halogenated alkanes) is 1. The molecule has 0 fully saturated rings. The number of phenolic OH excluding ortho intramolecular Hbond substituents is 1. The molecule has 0 aliphatic heterocycles. The number of nitrogens with zero attached hydrogens (tertiary/aromatic N) is 2. The molecule has 0 heterocycles. The molecule has 0 aliphatic rings. The molecule has 6 heteroatoms. The predicted octanol–water partition coefficient (Wildman–Crippen LogP) is 7.02. The van der Waals surface area contributed by atoms with Crippen LogP contribution in [-0.4, -0.2) is 31.5 Å². The maximum Gasteiger partial charge on any atom is 0.264 e. The smallest absolute Gasteiger partial charge is 0.264 e. The molecule has 0 saturated heterocycles. The lowest BCUT2D eigenvalue weighted by Gasteiger charge is -2.25. The van der Waals surface area contributed by atoms with Gasteiger partial charge in [0.1, 0.15) is 5.75 Å². The third-order valence-electron chi connectivity index (χ3n) is 6.83. The fourth-order valence-corrected chi connectivity index (χ4v) is 6.10. The molecular weight excluding hydrogens is 504 g/mol. The summed E-state index contributed by atoms with van der Waals surface area (Å²) in [4.78, 5) is 2.78. The molecule has 204 valence electrons. The molecule has 0 amide bonds. The van der Waals surface area contributed by atoms with E-state index in [1.54, 1.807) is 54.6 Å². The number of aromatic hydroxyl groups is 1. The normalized spacial score (nSPS) is 11.5. The lowest BCUT2D eigenvalue weighted by molar-refractivity contribution is 0.258. The van der Waals surface area contributed by atoms with Gasteiger partial charge >= 0.3 is 0 Å². The number of phenols is 1. The molecule has 4 rings (SSSR count). The Labute approximate surface area is 233 Å². The van der Waals surface area contributed by atoms with E-state index in [4.69, 9.17) is 0 Å². The van der Waals surface area contributed by atoms with Crippen molar-refractivity contribution in [2.24, 2.45) is 0 Å². The summed E-state index contributed by atoms with van der Waals surface area (Å²) < 4.78 is 28.7. The first kappa shape index (κ1) is 28.4. The lowest BCUT2D eigenvalue weighted by atomic mass is 10.1. The minimum atomic E-state index is -3.78. The molecule has 0 atom stereocenters. The molecule has 0 aliphatic carbocycles. The summed E-state index contributed by atoms with van der Waals surface area (Å²) in [7, 11) is -3.78. The first-order valence-electron chi connectivity index (χ1n) is 13.7. The zero-order chi connectivity index (χ0) is 27.5. The first-order chi connectivity index (χ1) is 19.0. The van der Waals surface area contributed by atoms with E-state index in [1.165, 1.54) is 28.3 Å². The maximum atomic E-state index is 13.6. The molecule has 0 radical (unpaired) electrons. The highest BCUT2D eigenvalue weighted by atomic mass is 32.2. The van der Waals surface area contributed by atoms with Crippen LogP contribution in [0.5, 0.6) is 5.75 Å². The average molecular weight is 543 g/mol. The lowest BCUT2D eigenvalue weighted by Crippen LogP contribution is -2.30. The van der Waals surface area contributed by atoms with Crippen molar-refractivity contribution in [2.75, 3.05) is 17.4 Å². The molecule has 0 unspecified atom stereocenters. The zero-order valence-corrected chi connectivity index (χ0v) is 23.4. The quantitative estimate of drug-likeness (QED) is 0.186. The Morgan fingerprint density at radius 1 is 0.641 bits per heavy atom. The highest BCUT2D eigenvalue weighted by Crippen LogP contribution is 2.27. The Morgan fingerprint density at radius 2 is 1.21 bits per heavy atom. The van der Waals surface area contributed by atoms with Gasteiger partial charge in [0.2, 0.25) is 0 Å². The third-order valence-corrected chi connectivity index (χ3v) is 8.62. The monoisotopic (exact) mass is 542 g/mol. The molecular formula is C33H38N2O3S. The van der Waals surface area contributed by atoms with Crippen LogP contribution in [0.25, 0.3) is 0 Å². The third kappa shape index (κ3) is 8.19. The molecule has 5 nitrogen and oxygen atoms in total. The Kier molecular flexibility index (Phi) is 10.2. The summed E-state index contributed by atoms with van der Waals surface area (Å²) in [6.07, 6.45) is 4.34. The number of aryl methyl sites for hydroxylation is 1. The van der Waals surface area contributed by atoms with E-state index >= 15 is 0 Å². The molecule has 4 aromatic carbocycles. The van der Waals surface area contributed by atoms with Crippen molar-refractivity contribution in [1.82, 2.24) is 4.90 Å². The Morgan fingerprint density at radius 3 is 1.85 bits per heavy atom. The second-order valence-corrected chi connectivity index (χ2v) is 11.7. The number of hydrogen-bond donors (Lipinski definition) is 1. The van der Waals surface area contributed by atoms with Crippen molar-refractivity contribution in [3.8, 4) is 5.75 Å². The van der Waals surface area contributed by atoms with Crippen molar-refractivity contribution >= 4 is 15.7 Å². The zero-order valence-electron chi connectivity index (χ0n) is 22.6. The van der Waals surface area contributed by atoms with Gasteiger partial charge in [-0.1, -0.05) is 86.1 Å². The van der Waals surface area contributed by atoms with Crippen molar-refractivity contribution in [2.45, 2.75) is 50.6 Å². The Hall–Kier alpha value is -3.61. The minimum absolute atomic E-state index is 0.151. The number of rotatable bonds is 14. The highest BCUT2D eigenvalue weighted by Gasteiger charge is 2.25. The van der Waals surface area contributed by atoms with Crippen LogP contribution in [0.2, 0.25) is 0 Å². The summed E-state index contributed by atoms with van der Waals surface area (Å²) in [6.45, 7) is 5.47. The number of sulfonamides is 1. The minimum Gasteiger partial charge on any atom is -0.508 e. The predicted molar refractivity (Wildman–Crippen MR) is 159 cm³/mol. The van der Waals surface area contributed by atoms with Gasteiger partial charge in [-0.3, -0.25) is 9.21 Å².